The molecule has 0 radical (unpaired) electrons. The van der Waals surface area contributed by atoms with Crippen molar-refractivity contribution in [1.29, 1.82) is 0 Å². The van der Waals surface area contributed by atoms with Gasteiger partial charge in [0.05, 0.1) is 6.54 Å². The van der Waals surface area contributed by atoms with E-state index >= 15 is 0 Å². The number of hydrogen-bond acceptors (Lipinski definition) is 2. The van der Waals surface area contributed by atoms with Crippen LogP contribution in [0, 0.1) is 0 Å². The first-order valence-electron chi connectivity index (χ1n) is 5.87. The summed E-state index contributed by atoms with van der Waals surface area (Å²) in [5.41, 5.74) is 0.543. The van der Waals surface area contributed by atoms with Gasteiger partial charge in [0.1, 0.15) is 5.69 Å². The number of aromatic nitrogens is 1. The SMILES string of the molecule is CCn1cc(Br)cc1C(=O)NCC(=O)NC(C)C. The summed E-state index contributed by atoms with van der Waals surface area (Å²) in [6.07, 6.45) is 1.84. The Hall–Kier alpha value is -1.30. The Morgan fingerprint density at radius 3 is 2.67 bits per heavy atom. The molecule has 18 heavy (non-hydrogen) atoms. The lowest BCUT2D eigenvalue weighted by Crippen LogP contribution is -2.40. The molecule has 0 aliphatic carbocycles. The van der Waals surface area contributed by atoms with Crippen LogP contribution in [0.25, 0.3) is 0 Å². The average Bonchev–Trinajstić information content (AvgIpc) is 2.66. The van der Waals surface area contributed by atoms with Gasteiger partial charge in [0.15, 0.2) is 0 Å². The van der Waals surface area contributed by atoms with E-state index in [0.29, 0.717) is 12.2 Å². The van der Waals surface area contributed by atoms with Crippen LogP contribution in [0.1, 0.15) is 31.3 Å². The van der Waals surface area contributed by atoms with Crippen LogP contribution in [0.2, 0.25) is 0 Å². The first-order chi connectivity index (χ1) is 8.43. The average molecular weight is 316 g/mol. The number of carbonyl (C=O) groups is 2. The molecule has 0 aromatic carbocycles. The Bertz CT molecular complexity index is 441. The van der Waals surface area contributed by atoms with Crippen LogP contribution >= 0.6 is 15.9 Å². The van der Waals surface area contributed by atoms with E-state index in [1.807, 2.05) is 31.5 Å². The minimum absolute atomic E-state index is 0.0104. The molecule has 1 aromatic heterocycles. The van der Waals surface area contributed by atoms with Crippen molar-refractivity contribution in [3.8, 4) is 0 Å². The van der Waals surface area contributed by atoms with E-state index in [1.165, 1.54) is 0 Å². The van der Waals surface area contributed by atoms with Crippen LogP contribution in [0.3, 0.4) is 0 Å². The molecule has 0 aliphatic heterocycles. The molecule has 100 valence electrons. The predicted octanol–water partition coefficient (Wildman–Crippen LogP) is 1.52. The molecule has 0 saturated heterocycles. The van der Waals surface area contributed by atoms with Crippen LogP contribution in [0.5, 0.6) is 0 Å². The second-order valence-electron chi connectivity index (χ2n) is 4.23. The van der Waals surface area contributed by atoms with Crippen molar-refractivity contribution in [2.75, 3.05) is 6.54 Å². The van der Waals surface area contributed by atoms with Crippen molar-refractivity contribution < 1.29 is 9.59 Å². The molecule has 1 heterocycles. The summed E-state index contributed by atoms with van der Waals surface area (Å²) < 4.78 is 2.67. The summed E-state index contributed by atoms with van der Waals surface area (Å²) in [5, 5.41) is 5.31. The zero-order valence-corrected chi connectivity index (χ0v) is 12.4. The number of amides is 2. The molecule has 1 aromatic rings. The van der Waals surface area contributed by atoms with E-state index in [4.69, 9.17) is 0 Å². The summed E-state index contributed by atoms with van der Waals surface area (Å²) in [4.78, 5) is 23.3. The Morgan fingerprint density at radius 2 is 2.11 bits per heavy atom. The van der Waals surface area contributed by atoms with E-state index in [0.717, 1.165) is 4.47 Å². The minimum atomic E-state index is -0.249. The fourth-order valence-electron chi connectivity index (χ4n) is 1.55. The van der Waals surface area contributed by atoms with E-state index in [2.05, 4.69) is 26.6 Å². The maximum atomic E-state index is 11.9. The Balaban J connectivity index is 2.57. The Morgan fingerprint density at radius 1 is 1.44 bits per heavy atom. The molecule has 2 amide bonds. The van der Waals surface area contributed by atoms with Gasteiger partial charge in [0, 0.05) is 23.3 Å². The zero-order chi connectivity index (χ0) is 13.7. The van der Waals surface area contributed by atoms with E-state index in [1.54, 1.807) is 6.07 Å². The van der Waals surface area contributed by atoms with Crippen LogP contribution in [-0.4, -0.2) is 29.0 Å². The fourth-order valence-corrected chi connectivity index (χ4v) is 2.01. The molecule has 0 atom stereocenters. The number of aryl methyl sites for hydroxylation is 1. The van der Waals surface area contributed by atoms with Gasteiger partial charge in [-0.1, -0.05) is 0 Å². The molecular formula is C12H18BrN3O2. The molecule has 0 saturated carbocycles. The number of nitrogens with one attached hydrogen (secondary N) is 2. The maximum Gasteiger partial charge on any atom is 0.268 e. The minimum Gasteiger partial charge on any atom is -0.352 e. The zero-order valence-electron chi connectivity index (χ0n) is 10.8. The molecule has 0 unspecified atom stereocenters. The van der Waals surface area contributed by atoms with Crippen molar-refractivity contribution in [3.05, 3.63) is 22.4 Å². The highest BCUT2D eigenvalue weighted by molar-refractivity contribution is 9.10. The number of halogens is 1. The van der Waals surface area contributed by atoms with Gasteiger partial charge in [-0.2, -0.15) is 0 Å². The van der Waals surface area contributed by atoms with Crippen molar-refractivity contribution in [2.45, 2.75) is 33.4 Å². The third-order valence-electron chi connectivity index (χ3n) is 2.30. The van der Waals surface area contributed by atoms with Gasteiger partial charge in [-0.15, -0.1) is 0 Å². The standard InChI is InChI=1S/C12H18BrN3O2/c1-4-16-7-9(13)5-10(16)12(18)14-6-11(17)15-8(2)3/h5,7-8H,4,6H2,1-3H3,(H,14,18)(H,15,17). The smallest absolute Gasteiger partial charge is 0.268 e. The molecule has 1 rings (SSSR count). The summed E-state index contributed by atoms with van der Waals surface area (Å²) in [6.45, 7) is 6.39. The Labute approximate surface area is 115 Å². The largest absolute Gasteiger partial charge is 0.352 e. The maximum absolute atomic E-state index is 11.9. The first-order valence-corrected chi connectivity index (χ1v) is 6.66. The second kappa shape index (κ2) is 6.58. The van der Waals surface area contributed by atoms with E-state index < -0.39 is 0 Å². The van der Waals surface area contributed by atoms with Gasteiger partial charge in [0.2, 0.25) is 5.91 Å². The van der Waals surface area contributed by atoms with Gasteiger partial charge in [0.25, 0.3) is 5.91 Å². The van der Waals surface area contributed by atoms with Gasteiger partial charge < -0.3 is 15.2 Å². The van der Waals surface area contributed by atoms with E-state index in [9.17, 15) is 9.59 Å². The lowest BCUT2D eigenvalue weighted by molar-refractivity contribution is -0.120. The van der Waals surface area contributed by atoms with Gasteiger partial charge in [-0.05, 0) is 42.8 Å². The second-order valence-corrected chi connectivity index (χ2v) is 5.15. The first kappa shape index (κ1) is 14.8. The highest BCUT2D eigenvalue weighted by Crippen LogP contribution is 2.14. The highest BCUT2D eigenvalue weighted by atomic mass is 79.9. The number of carbonyl (C=O) groups excluding carboxylic acids is 2. The monoisotopic (exact) mass is 315 g/mol. The number of nitrogens with zero attached hydrogens (tertiary/aromatic N) is 1. The van der Waals surface area contributed by atoms with Gasteiger partial charge in [-0.25, -0.2) is 0 Å². The quantitative estimate of drug-likeness (QED) is 0.865. The van der Waals surface area contributed by atoms with Crippen LogP contribution in [0.15, 0.2) is 16.7 Å². The summed E-state index contributed by atoms with van der Waals surface area (Å²) >= 11 is 3.32. The molecule has 0 spiro atoms. The third-order valence-corrected chi connectivity index (χ3v) is 2.73. The Kier molecular flexibility index (Phi) is 5.40. The fraction of sp³-hybridized carbons (Fsp3) is 0.500. The van der Waals surface area contributed by atoms with Gasteiger partial charge in [-0.3, -0.25) is 9.59 Å². The van der Waals surface area contributed by atoms with Crippen LogP contribution in [0.4, 0.5) is 0 Å². The topological polar surface area (TPSA) is 63.1 Å². The predicted molar refractivity (Wildman–Crippen MR) is 73.4 cm³/mol. The number of rotatable bonds is 5. The van der Waals surface area contributed by atoms with Crippen molar-refractivity contribution in [1.82, 2.24) is 15.2 Å². The molecule has 2 N–H and O–H groups in total. The van der Waals surface area contributed by atoms with Crippen molar-refractivity contribution >= 4 is 27.7 Å². The summed E-state index contributed by atoms with van der Waals surface area (Å²) in [5.74, 6) is -0.437. The molecule has 5 nitrogen and oxygen atoms in total. The van der Waals surface area contributed by atoms with Crippen LogP contribution in [-0.2, 0) is 11.3 Å². The highest BCUT2D eigenvalue weighted by Gasteiger charge is 2.13. The number of hydrogen-bond donors (Lipinski definition) is 2. The molecule has 0 fully saturated rings. The molecule has 0 aliphatic rings. The van der Waals surface area contributed by atoms with Crippen molar-refractivity contribution in [2.24, 2.45) is 0 Å². The molecular weight excluding hydrogens is 298 g/mol. The van der Waals surface area contributed by atoms with Gasteiger partial charge >= 0.3 is 0 Å². The molecule has 0 bridgehead atoms. The lowest BCUT2D eigenvalue weighted by Gasteiger charge is -2.10. The van der Waals surface area contributed by atoms with Crippen molar-refractivity contribution in [3.63, 3.8) is 0 Å². The summed E-state index contributed by atoms with van der Waals surface area (Å²) in [6, 6.07) is 1.81. The third kappa shape index (κ3) is 4.18. The normalized spacial score (nSPS) is 10.5. The summed E-state index contributed by atoms with van der Waals surface area (Å²) in [7, 11) is 0. The molecule has 6 heteroatoms. The van der Waals surface area contributed by atoms with Crippen LogP contribution < -0.4 is 10.6 Å². The lowest BCUT2D eigenvalue weighted by atomic mass is 10.3. The van der Waals surface area contributed by atoms with E-state index in [-0.39, 0.29) is 24.4 Å².